The molecular weight excluding hydrogens is 417 g/mol. The zero-order valence-electron chi connectivity index (χ0n) is 17.7. The predicted octanol–water partition coefficient (Wildman–Crippen LogP) is 3.49. The molecule has 6 fully saturated rings. The Morgan fingerprint density at radius 3 is 2.19 bits per heavy atom. The number of carbonyl (C=O) groups excluding carboxylic acids is 1. The van der Waals surface area contributed by atoms with Crippen molar-refractivity contribution in [3.63, 3.8) is 0 Å². The van der Waals surface area contributed by atoms with Crippen molar-refractivity contribution in [2.75, 3.05) is 6.61 Å². The van der Waals surface area contributed by atoms with Gasteiger partial charge in [0.1, 0.15) is 5.76 Å². The minimum Gasteiger partial charge on any atom is -0.491 e. The summed E-state index contributed by atoms with van der Waals surface area (Å²) in [6.07, 6.45) is 10.7. The number of halogens is 1. The molecule has 7 aliphatic rings. The van der Waals surface area contributed by atoms with E-state index in [1.807, 2.05) is 0 Å². The molecule has 5 nitrogen and oxygen atoms in total. The molecule has 0 aliphatic heterocycles. The first-order valence-corrected chi connectivity index (χ1v) is 13.0. The molecule has 1 N–H and O–H groups in total. The van der Waals surface area contributed by atoms with Crippen LogP contribution in [0.2, 0.25) is 0 Å². The summed E-state index contributed by atoms with van der Waals surface area (Å²) in [5.41, 5.74) is 0.722. The third kappa shape index (κ3) is 3.66. The van der Waals surface area contributed by atoms with Crippen LogP contribution >= 0.6 is 0 Å². The molecule has 4 bridgehead atoms. The third-order valence-corrected chi connectivity index (χ3v) is 9.11. The maximum absolute atomic E-state index is 15.4. The lowest BCUT2D eigenvalue weighted by Gasteiger charge is -2.56. The van der Waals surface area contributed by atoms with Gasteiger partial charge in [-0.3, -0.25) is 4.79 Å². The molecule has 168 valence electrons. The second-order valence-electron chi connectivity index (χ2n) is 11.1. The van der Waals surface area contributed by atoms with Gasteiger partial charge < -0.3 is 10.1 Å². The predicted molar refractivity (Wildman–Crippen MR) is 114 cm³/mol. The van der Waals surface area contributed by atoms with E-state index >= 15 is 4.39 Å². The zero-order chi connectivity index (χ0) is 21.3. The standard InChI is InChI=1S/C24H30FNO4S/c25-20-19(23(27)26-17-3-4-17)8-18(16-1-2-16)21(22(20)31(28)29)30-12-24-9-13-5-14(10-24)7-15(6-13)11-24/h8,13-17,20H,1-7,9-12H2,(H,26,27). The van der Waals surface area contributed by atoms with E-state index in [9.17, 15) is 13.2 Å². The highest BCUT2D eigenvalue weighted by Gasteiger charge is 2.52. The maximum atomic E-state index is 15.4. The quantitative estimate of drug-likeness (QED) is 0.633. The van der Waals surface area contributed by atoms with Crippen LogP contribution < -0.4 is 5.32 Å². The normalized spacial score (nSPS) is 38.9. The van der Waals surface area contributed by atoms with E-state index in [4.69, 9.17) is 4.74 Å². The lowest BCUT2D eigenvalue weighted by molar-refractivity contribution is -0.118. The topological polar surface area (TPSA) is 72.5 Å². The summed E-state index contributed by atoms with van der Waals surface area (Å²) in [7, 11) is -2.78. The van der Waals surface area contributed by atoms with Gasteiger partial charge in [0.2, 0.25) is 10.3 Å². The summed E-state index contributed by atoms with van der Waals surface area (Å²) < 4.78 is 46.0. The Morgan fingerprint density at radius 2 is 1.68 bits per heavy atom. The molecule has 7 heteroatoms. The van der Waals surface area contributed by atoms with Crippen molar-refractivity contribution in [1.82, 2.24) is 5.32 Å². The van der Waals surface area contributed by atoms with Gasteiger partial charge in [-0.15, -0.1) is 0 Å². The highest BCUT2D eigenvalue weighted by molar-refractivity contribution is 7.73. The van der Waals surface area contributed by atoms with Crippen LogP contribution in [0.15, 0.2) is 23.0 Å². The van der Waals surface area contributed by atoms with Crippen LogP contribution in [0, 0.1) is 29.1 Å². The van der Waals surface area contributed by atoms with Crippen molar-refractivity contribution in [2.24, 2.45) is 29.1 Å². The highest BCUT2D eigenvalue weighted by atomic mass is 32.2. The van der Waals surface area contributed by atoms with Gasteiger partial charge in [-0.2, -0.15) is 8.42 Å². The van der Waals surface area contributed by atoms with Gasteiger partial charge in [0, 0.05) is 11.5 Å². The molecule has 0 heterocycles. The molecule has 0 aromatic carbocycles. The number of carbonyl (C=O) groups is 1. The second kappa shape index (κ2) is 7.19. The molecule has 7 rings (SSSR count). The SMILES string of the molecule is O=C(NC1CC1)C1=CC(C2CC2)=C(OCC23CC4CC(CC(C4)C2)C3)C(=S(=O)=O)C1F. The fourth-order valence-electron chi connectivity index (χ4n) is 7.09. The van der Waals surface area contributed by atoms with Gasteiger partial charge in [-0.05, 0) is 99.5 Å². The molecular formula is C24H30FNO4S. The lowest BCUT2D eigenvalue weighted by atomic mass is 9.50. The number of rotatable bonds is 6. The van der Waals surface area contributed by atoms with Crippen LogP contribution in [0.25, 0.3) is 0 Å². The first-order valence-electron chi connectivity index (χ1n) is 11.9. The van der Waals surface area contributed by atoms with Crippen molar-refractivity contribution < 1.29 is 22.3 Å². The summed E-state index contributed by atoms with van der Waals surface area (Å²) in [5.74, 6) is 2.16. The van der Waals surface area contributed by atoms with Crippen molar-refractivity contribution in [1.29, 1.82) is 0 Å². The number of allylic oxidation sites excluding steroid dienone is 3. The number of hydrogen-bond donors (Lipinski definition) is 1. The molecule has 0 saturated heterocycles. The van der Waals surface area contributed by atoms with Crippen LogP contribution in [0.5, 0.6) is 0 Å². The van der Waals surface area contributed by atoms with Crippen molar-refractivity contribution in [3.8, 4) is 0 Å². The second-order valence-corrected chi connectivity index (χ2v) is 12.0. The maximum Gasteiger partial charge on any atom is 0.250 e. The van der Waals surface area contributed by atoms with Gasteiger partial charge in [0.05, 0.1) is 12.2 Å². The lowest BCUT2D eigenvalue weighted by Crippen LogP contribution is -2.48. The van der Waals surface area contributed by atoms with Crippen LogP contribution in [-0.2, 0) is 19.8 Å². The molecule has 7 aliphatic carbocycles. The number of hydrogen-bond acceptors (Lipinski definition) is 4. The molecule has 0 spiro atoms. The zero-order valence-corrected chi connectivity index (χ0v) is 18.6. The van der Waals surface area contributed by atoms with Crippen LogP contribution in [0.3, 0.4) is 0 Å². The molecule has 0 aromatic rings. The minimum atomic E-state index is -2.78. The molecule has 6 saturated carbocycles. The van der Waals surface area contributed by atoms with E-state index in [1.54, 1.807) is 6.08 Å². The Labute approximate surface area is 184 Å². The van der Waals surface area contributed by atoms with Crippen molar-refractivity contribution in [3.05, 3.63) is 23.0 Å². The summed E-state index contributed by atoms with van der Waals surface area (Å²) >= 11 is 0. The monoisotopic (exact) mass is 447 g/mol. The fraction of sp³-hybridized carbons (Fsp3) is 0.750. The molecule has 31 heavy (non-hydrogen) atoms. The van der Waals surface area contributed by atoms with Gasteiger partial charge in [0.15, 0.2) is 11.0 Å². The van der Waals surface area contributed by atoms with E-state index in [0.29, 0.717) is 12.2 Å². The minimum absolute atomic E-state index is 0.0869. The Morgan fingerprint density at radius 1 is 1.06 bits per heavy atom. The van der Waals surface area contributed by atoms with Gasteiger partial charge in [0.25, 0.3) is 5.91 Å². The number of amides is 1. The molecule has 0 aromatic heterocycles. The first-order chi connectivity index (χ1) is 14.9. The van der Waals surface area contributed by atoms with Crippen LogP contribution in [0.1, 0.15) is 64.2 Å². The van der Waals surface area contributed by atoms with Gasteiger partial charge >= 0.3 is 0 Å². The molecule has 1 unspecified atom stereocenters. The average Bonchev–Trinajstić information content (AvgIpc) is 3.59. The molecule has 1 atom stereocenters. The van der Waals surface area contributed by atoms with Crippen LogP contribution in [-0.4, -0.2) is 38.0 Å². The summed E-state index contributed by atoms with van der Waals surface area (Å²) in [6.45, 7) is 0.465. The smallest absolute Gasteiger partial charge is 0.250 e. The van der Waals surface area contributed by atoms with Crippen molar-refractivity contribution in [2.45, 2.75) is 76.4 Å². The highest BCUT2D eigenvalue weighted by Crippen LogP contribution is 2.60. The largest absolute Gasteiger partial charge is 0.491 e. The Kier molecular flexibility index (Phi) is 4.64. The van der Waals surface area contributed by atoms with E-state index in [2.05, 4.69) is 5.32 Å². The van der Waals surface area contributed by atoms with E-state index < -0.39 is 22.4 Å². The summed E-state index contributed by atoms with van der Waals surface area (Å²) in [4.78, 5) is 12.2. The first kappa shape index (κ1) is 20.0. The number of ether oxygens (including phenoxy) is 1. The van der Waals surface area contributed by atoms with E-state index in [1.165, 1.54) is 19.3 Å². The summed E-state index contributed by atoms with van der Waals surface area (Å²) in [6, 6.07) is 0.0869. The average molecular weight is 448 g/mol. The van der Waals surface area contributed by atoms with Crippen molar-refractivity contribution >= 4 is 21.1 Å². The van der Waals surface area contributed by atoms with E-state index in [-0.39, 0.29) is 33.6 Å². The third-order valence-electron chi connectivity index (χ3n) is 8.36. The number of alkyl halides is 1. The fourth-order valence-corrected chi connectivity index (χ4v) is 7.71. The van der Waals surface area contributed by atoms with Crippen LogP contribution in [0.4, 0.5) is 4.39 Å². The number of nitrogens with one attached hydrogen (secondary N) is 1. The van der Waals surface area contributed by atoms with Gasteiger partial charge in [-0.1, -0.05) is 0 Å². The molecule has 0 radical (unpaired) electrons. The Balaban J connectivity index is 1.32. The van der Waals surface area contributed by atoms with Gasteiger partial charge in [-0.25, -0.2) is 4.39 Å². The van der Waals surface area contributed by atoms with E-state index in [0.717, 1.165) is 62.7 Å². The summed E-state index contributed by atoms with van der Waals surface area (Å²) in [5, 5.41) is 2.80. The Bertz CT molecular complexity index is 975. The molecule has 1 amide bonds. The Hall–Kier alpha value is -1.63.